The molecule has 0 spiro atoms. The molecule has 3 atom stereocenters. The number of fused-ring (bicyclic) bond motifs is 2. The Balaban J connectivity index is 0.000000559. The highest BCUT2D eigenvalue weighted by atomic mass is 19.4. The Labute approximate surface area is 231 Å². The van der Waals surface area contributed by atoms with Gasteiger partial charge < -0.3 is 20.8 Å². The minimum Gasteiger partial charge on any atom is -0.475 e. The van der Waals surface area contributed by atoms with Crippen molar-refractivity contribution in [3.05, 3.63) is 71.3 Å². The van der Waals surface area contributed by atoms with Crippen LogP contribution in [-0.4, -0.2) is 74.7 Å². The van der Waals surface area contributed by atoms with E-state index in [0.717, 1.165) is 37.8 Å². The molecule has 0 radical (unpaired) electrons. The van der Waals surface area contributed by atoms with Gasteiger partial charge in [0.1, 0.15) is 5.60 Å². The number of benzene rings is 2. The van der Waals surface area contributed by atoms with Crippen LogP contribution in [0.2, 0.25) is 0 Å². The molecule has 0 saturated carbocycles. The summed E-state index contributed by atoms with van der Waals surface area (Å²) < 4.78 is 31.7. The number of carbonyl (C=O) groups excluding carboxylic acids is 2. The molecule has 2 aliphatic heterocycles. The molecule has 8 nitrogen and oxygen atoms in total. The normalized spacial score (nSPS) is 20.8. The number of aliphatic hydroxyl groups is 1. The topological polar surface area (TPSA) is 124 Å². The molecule has 2 fully saturated rings. The van der Waals surface area contributed by atoms with Crippen LogP contribution in [0.3, 0.4) is 0 Å². The zero-order chi connectivity index (χ0) is 29.7. The highest BCUT2D eigenvalue weighted by Gasteiger charge is 2.41. The van der Waals surface area contributed by atoms with Crippen LogP contribution >= 0.6 is 0 Å². The summed E-state index contributed by atoms with van der Waals surface area (Å²) in [7, 11) is 0. The molecule has 2 aromatic carbocycles. The number of rotatable bonds is 8. The SMILES string of the molecule is CC(C)(O)C(=O)N(CCN1[C@@H]2CC[C@H]1CC(c1cccc(C(N)=O)c1)C2)Cc1ccccc1.O=C(O)C(F)(F)F. The van der Waals surface area contributed by atoms with Gasteiger partial charge in [0.2, 0.25) is 5.91 Å². The molecule has 40 heavy (non-hydrogen) atoms. The number of hydrogen-bond acceptors (Lipinski definition) is 5. The molecule has 1 unspecified atom stereocenters. The van der Waals surface area contributed by atoms with Crippen molar-refractivity contribution in [3.8, 4) is 0 Å². The van der Waals surface area contributed by atoms with Crippen molar-refractivity contribution in [2.24, 2.45) is 5.73 Å². The second-order valence-electron chi connectivity index (χ2n) is 10.9. The fraction of sp³-hybridized carbons (Fsp3) is 0.483. The lowest BCUT2D eigenvalue weighted by atomic mass is 9.84. The van der Waals surface area contributed by atoms with Gasteiger partial charge in [-0.25, -0.2) is 4.79 Å². The van der Waals surface area contributed by atoms with Crippen molar-refractivity contribution >= 4 is 17.8 Å². The number of primary amides is 1. The number of alkyl halides is 3. The Hall–Kier alpha value is -3.44. The number of amides is 2. The molecule has 4 N–H and O–H groups in total. The summed E-state index contributed by atoms with van der Waals surface area (Å²) in [5.41, 5.74) is 6.92. The van der Waals surface area contributed by atoms with Gasteiger partial charge in [-0.05, 0) is 68.7 Å². The van der Waals surface area contributed by atoms with Crippen LogP contribution in [0.15, 0.2) is 54.6 Å². The maximum Gasteiger partial charge on any atom is 0.490 e. The van der Waals surface area contributed by atoms with E-state index in [-0.39, 0.29) is 11.8 Å². The minimum absolute atomic E-state index is 0.239. The van der Waals surface area contributed by atoms with Crippen molar-refractivity contribution in [2.45, 2.75) is 75.9 Å². The smallest absolute Gasteiger partial charge is 0.475 e. The molecule has 2 aliphatic rings. The molecular weight excluding hydrogens is 527 g/mol. The summed E-state index contributed by atoms with van der Waals surface area (Å²) >= 11 is 0. The van der Waals surface area contributed by atoms with E-state index in [9.17, 15) is 27.9 Å². The zero-order valence-corrected chi connectivity index (χ0v) is 22.6. The standard InChI is InChI=1S/C27H35N3O3.C2HF3O2/c1-27(2,33)26(32)29(18-19-7-4-3-5-8-19)13-14-30-23-11-12-24(30)17-22(16-23)20-9-6-10-21(15-20)25(28)31;3-2(4,5)1(6)7/h3-10,15,22-24,33H,11-14,16-18H2,1-2H3,(H2,28,31);(H,6,7)/t22?,23-,24+;. The summed E-state index contributed by atoms with van der Waals surface area (Å²) in [4.78, 5) is 37.8. The van der Waals surface area contributed by atoms with Crippen molar-refractivity contribution < 1.29 is 37.8 Å². The number of nitrogens with zero attached hydrogens (tertiary/aromatic N) is 2. The molecule has 2 saturated heterocycles. The summed E-state index contributed by atoms with van der Waals surface area (Å²) in [6.45, 7) is 5.01. The molecule has 0 aliphatic carbocycles. The second-order valence-corrected chi connectivity index (χ2v) is 10.9. The first-order chi connectivity index (χ1) is 18.7. The van der Waals surface area contributed by atoms with Gasteiger partial charge in [0, 0.05) is 37.3 Å². The molecule has 4 rings (SSSR count). The fourth-order valence-corrected chi connectivity index (χ4v) is 5.54. The first-order valence-electron chi connectivity index (χ1n) is 13.2. The summed E-state index contributed by atoms with van der Waals surface area (Å²) in [6, 6.07) is 18.6. The van der Waals surface area contributed by atoms with Crippen molar-refractivity contribution in [1.82, 2.24) is 9.80 Å². The molecule has 0 aromatic heterocycles. The van der Waals surface area contributed by atoms with Gasteiger partial charge in [-0.1, -0.05) is 42.5 Å². The van der Waals surface area contributed by atoms with E-state index >= 15 is 0 Å². The largest absolute Gasteiger partial charge is 0.490 e. The van der Waals surface area contributed by atoms with Crippen LogP contribution in [0.25, 0.3) is 0 Å². The number of hydrogen-bond donors (Lipinski definition) is 3. The summed E-state index contributed by atoms with van der Waals surface area (Å²) in [5.74, 6) is -2.95. The van der Waals surface area contributed by atoms with Crippen molar-refractivity contribution in [2.75, 3.05) is 13.1 Å². The monoisotopic (exact) mass is 563 g/mol. The molecule has 2 bridgehead atoms. The summed E-state index contributed by atoms with van der Waals surface area (Å²) in [5, 5.41) is 17.5. The Morgan fingerprint density at radius 3 is 2.08 bits per heavy atom. The minimum atomic E-state index is -5.08. The average molecular weight is 564 g/mol. The predicted molar refractivity (Wildman–Crippen MR) is 142 cm³/mol. The quantitative estimate of drug-likeness (QED) is 0.447. The molecule has 2 aromatic rings. The van der Waals surface area contributed by atoms with E-state index in [1.165, 1.54) is 5.56 Å². The third kappa shape index (κ3) is 8.28. The Morgan fingerprint density at radius 1 is 1.00 bits per heavy atom. The number of nitrogens with two attached hydrogens (primary N) is 1. The van der Waals surface area contributed by atoms with Crippen LogP contribution < -0.4 is 5.73 Å². The lowest BCUT2D eigenvalue weighted by Crippen LogP contribution is -2.50. The van der Waals surface area contributed by atoms with Crippen LogP contribution in [0, 0.1) is 0 Å². The van der Waals surface area contributed by atoms with Gasteiger partial charge in [0.15, 0.2) is 0 Å². The Morgan fingerprint density at radius 2 is 1.57 bits per heavy atom. The van der Waals surface area contributed by atoms with Gasteiger partial charge in [-0.2, -0.15) is 13.2 Å². The molecule has 2 heterocycles. The number of piperidine rings is 1. The fourth-order valence-electron chi connectivity index (χ4n) is 5.54. The molecule has 11 heteroatoms. The van der Waals surface area contributed by atoms with Crippen LogP contribution in [0.4, 0.5) is 13.2 Å². The maximum absolute atomic E-state index is 13.0. The highest BCUT2D eigenvalue weighted by Crippen LogP contribution is 2.43. The number of carboxylic acids is 1. The van der Waals surface area contributed by atoms with Gasteiger partial charge in [0.05, 0.1) is 0 Å². The van der Waals surface area contributed by atoms with E-state index < -0.39 is 17.7 Å². The van der Waals surface area contributed by atoms with Gasteiger partial charge in [-0.3, -0.25) is 14.5 Å². The van der Waals surface area contributed by atoms with E-state index in [1.807, 2.05) is 42.5 Å². The molecule has 218 valence electrons. The number of carboxylic acid groups (broad SMARTS) is 1. The number of aliphatic carboxylic acids is 1. The highest BCUT2D eigenvalue weighted by molar-refractivity contribution is 5.92. The van der Waals surface area contributed by atoms with Gasteiger partial charge >= 0.3 is 12.1 Å². The zero-order valence-electron chi connectivity index (χ0n) is 22.6. The second kappa shape index (κ2) is 12.8. The third-order valence-electron chi connectivity index (χ3n) is 7.42. The number of carbonyl (C=O) groups is 3. The Kier molecular flexibility index (Phi) is 9.96. The molecule has 2 amide bonds. The lowest BCUT2D eigenvalue weighted by Gasteiger charge is -2.40. The number of halogens is 3. The van der Waals surface area contributed by atoms with Gasteiger partial charge in [-0.15, -0.1) is 0 Å². The lowest BCUT2D eigenvalue weighted by molar-refractivity contribution is -0.192. The average Bonchev–Trinajstić information content (AvgIpc) is 3.12. The van der Waals surface area contributed by atoms with Crippen molar-refractivity contribution in [3.63, 3.8) is 0 Å². The summed E-state index contributed by atoms with van der Waals surface area (Å²) in [6.07, 6.45) is -0.655. The van der Waals surface area contributed by atoms with E-state index in [4.69, 9.17) is 15.6 Å². The first-order valence-corrected chi connectivity index (χ1v) is 13.2. The van der Waals surface area contributed by atoms with E-state index in [0.29, 0.717) is 36.7 Å². The third-order valence-corrected chi connectivity index (χ3v) is 7.42. The van der Waals surface area contributed by atoms with Crippen molar-refractivity contribution in [1.29, 1.82) is 0 Å². The van der Waals surface area contributed by atoms with Gasteiger partial charge in [0.25, 0.3) is 5.91 Å². The molecular formula is C29H36F3N3O5. The van der Waals surface area contributed by atoms with Crippen LogP contribution in [0.1, 0.15) is 66.9 Å². The first kappa shape index (κ1) is 31.1. The maximum atomic E-state index is 13.0. The van der Waals surface area contributed by atoms with E-state index in [2.05, 4.69) is 11.0 Å². The predicted octanol–water partition coefficient (Wildman–Crippen LogP) is 3.93. The van der Waals surface area contributed by atoms with E-state index in [1.54, 1.807) is 24.8 Å². The Bertz CT molecular complexity index is 1170. The van der Waals surface area contributed by atoms with Crippen LogP contribution in [-0.2, 0) is 16.1 Å². The van der Waals surface area contributed by atoms with Crippen LogP contribution in [0.5, 0.6) is 0 Å².